The molecule has 144 valence electrons. The van der Waals surface area contributed by atoms with Crippen molar-refractivity contribution < 1.29 is 4.79 Å². The van der Waals surface area contributed by atoms with Crippen molar-refractivity contribution in [2.24, 2.45) is 0 Å². The van der Waals surface area contributed by atoms with Crippen molar-refractivity contribution in [3.8, 4) is 21.7 Å². The van der Waals surface area contributed by atoms with Gasteiger partial charge in [-0.2, -0.15) is 0 Å². The van der Waals surface area contributed by atoms with Crippen LogP contribution in [0.4, 0.5) is 5.69 Å². The van der Waals surface area contributed by atoms with E-state index >= 15 is 0 Å². The Morgan fingerprint density at radius 2 is 1.72 bits per heavy atom. The molecular weight excluding hydrogens is 378 g/mol. The van der Waals surface area contributed by atoms with E-state index in [2.05, 4.69) is 22.4 Å². The maximum Gasteiger partial charge on any atom is 0.228 e. The minimum absolute atomic E-state index is 0.0270. The molecule has 0 bridgehead atoms. The van der Waals surface area contributed by atoms with E-state index in [-0.39, 0.29) is 5.91 Å². The van der Waals surface area contributed by atoms with Gasteiger partial charge in [0.05, 0.1) is 22.0 Å². The summed E-state index contributed by atoms with van der Waals surface area (Å²) < 4.78 is 0. The average molecular weight is 400 g/mol. The first-order valence-corrected chi connectivity index (χ1v) is 10.2. The Morgan fingerprint density at radius 1 is 0.966 bits per heavy atom. The Kier molecular flexibility index (Phi) is 5.49. The molecule has 0 unspecified atom stereocenters. The molecule has 0 aliphatic rings. The zero-order chi connectivity index (χ0) is 20.2. The Balaban J connectivity index is 1.57. The molecule has 4 rings (SSSR count). The Bertz CT molecular complexity index is 1130. The number of aryl methyl sites for hydroxylation is 2. The number of pyridine rings is 1. The van der Waals surface area contributed by atoms with Crippen LogP contribution in [0, 0.1) is 13.8 Å². The van der Waals surface area contributed by atoms with E-state index in [1.807, 2.05) is 62.4 Å². The number of nitrogens with zero attached hydrogens (tertiary/aromatic N) is 2. The molecule has 1 N–H and O–H groups in total. The summed E-state index contributed by atoms with van der Waals surface area (Å²) in [6.45, 7) is 4.04. The van der Waals surface area contributed by atoms with E-state index < -0.39 is 0 Å². The van der Waals surface area contributed by atoms with Gasteiger partial charge in [0.1, 0.15) is 0 Å². The molecule has 0 aliphatic heterocycles. The number of amides is 1. The van der Waals surface area contributed by atoms with Crippen molar-refractivity contribution in [1.82, 2.24) is 9.97 Å². The van der Waals surface area contributed by atoms with Crippen LogP contribution >= 0.6 is 11.3 Å². The number of rotatable bonds is 5. The van der Waals surface area contributed by atoms with E-state index in [1.54, 1.807) is 23.7 Å². The standard InChI is InChI=1S/C24H21N3OS/c1-16-6-8-21(9-7-16)27-22(28)15-18-4-3-5-20(14-18)24-23(26-17(2)29-24)19-10-12-25-13-11-19/h3-14H,15H2,1-2H3,(H,27,28). The van der Waals surface area contributed by atoms with Gasteiger partial charge in [0.25, 0.3) is 0 Å². The number of carbonyl (C=O) groups excluding carboxylic acids is 1. The average Bonchev–Trinajstić information content (AvgIpc) is 3.12. The van der Waals surface area contributed by atoms with Crippen LogP contribution in [-0.4, -0.2) is 15.9 Å². The molecule has 4 nitrogen and oxygen atoms in total. The lowest BCUT2D eigenvalue weighted by molar-refractivity contribution is -0.115. The third kappa shape index (κ3) is 4.58. The van der Waals surface area contributed by atoms with Crippen molar-refractivity contribution in [3.63, 3.8) is 0 Å². The highest BCUT2D eigenvalue weighted by Gasteiger charge is 2.14. The summed E-state index contributed by atoms with van der Waals surface area (Å²) in [6, 6.07) is 19.9. The van der Waals surface area contributed by atoms with Crippen molar-refractivity contribution in [2.45, 2.75) is 20.3 Å². The topological polar surface area (TPSA) is 54.9 Å². The van der Waals surface area contributed by atoms with Crippen LogP contribution in [0.3, 0.4) is 0 Å². The van der Waals surface area contributed by atoms with Crippen molar-refractivity contribution in [2.75, 3.05) is 5.32 Å². The normalized spacial score (nSPS) is 10.7. The summed E-state index contributed by atoms with van der Waals surface area (Å²) in [5, 5.41) is 3.97. The van der Waals surface area contributed by atoms with Crippen LogP contribution in [0.1, 0.15) is 16.1 Å². The SMILES string of the molecule is Cc1ccc(NC(=O)Cc2cccc(-c3sc(C)nc3-c3ccncc3)c2)cc1. The van der Waals surface area contributed by atoms with E-state index in [1.165, 1.54) is 5.56 Å². The van der Waals surface area contributed by atoms with Crippen LogP contribution in [0.5, 0.6) is 0 Å². The summed E-state index contributed by atoms with van der Waals surface area (Å²) in [4.78, 5) is 22.4. The van der Waals surface area contributed by atoms with Crippen molar-refractivity contribution in [3.05, 3.63) is 89.2 Å². The number of hydrogen-bond acceptors (Lipinski definition) is 4. The molecule has 5 heteroatoms. The molecule has 1 amide bonds. The molecule has 2 aromatic heterocycles. The van der Waals surface area contributed by atoms with Gasteiger partial charge >= 0.3 is 0 Å². The quantitative estimate of drug-likeness (QED) is 0.470. The minimum atomic E-state index is -0.0270. The highest BCUT2D eigenvalue weighted by molar-refractivity contribution is 7.15. The largest absolute Gasteiger partial charge is 0.326 e. The van der Waals surface area contributed by atoms with Crippen LogP contribution in [-0.2, 0) is 11.2 Å². The molecule has 0 spiro atoms. The Hall–Kier alpha value is -3.31. The molecule has 0 radical (unpaired) electrons. The molecule has 29 heavy (non-hydrogen) atoms. The molecule has 4 aromatic rings. The summed E-state index contributed by atoms with van der Waals surface area (Å²) in [5.74, 6) is -0.0270. The molecule has 0 fully saturated rings. The van der Waals surface area contributed by atoms with Crippen LogP contribution in [0.15, 0.2) is 73.1 Å². The molecule has 0 saturated heterocycles. The zero-order valence-corrected chi connectivity index (χ0v) is 17.2. The first kappa shape index (κ1) is 19.0. The van der Waals surface area contributed by atoms with Gasteiger partial charge in [-0.05, 0) is 55.3 Å². The second-order valence-corrected chi connectivity index (χ2v) is 8.14. The number of nitrogens with one attached hydrogen (secondary N) is 1. The monoisotopic (exact) mass is 399 g/mol. The lowest BCUT2D eigenvalue weighted by Crippen LogP contribution is -2.14. The van der Waals surface area contributed by atoms with E-state index in [9.17, 15) is 4.79 Å². The molecule has 0 saturated carbocycles. The van der Waals surface area contributed by atoms with Crippen molar-refractivity contribution >= 4 is 22.9 Å². The van der Waals surface area contributed by atoms with Crippen molar-refractivity contribution in [1.29, 1.82) is 0 Å². The first-order chi connectivity index (χ1) is 14.1. The van der Waals surface area contributed by atoms with Gasteiger partial charge in [-0.1, -0.05) is 35.9 Å². The van der Waals surface area contributed by atoms with Crippen LogP contribution in [0.25, 0.3) is 21.7 Å². The molecule has 0 aliphatic carbocycles. The number of benzene rings is 2. The zero-order valence-electron chi connectivity index (χ0n) is 16.3. The number of thiazole rings is 1. The minimum Gasteiger partial charge on any atom is -0.326 e. The van der Waals surface area contributed by atoms with Gasteiger partial charge in [-0.25, -0.2) is 4.98 Å². The van der Waals surface area contributed by atoms with E-state index in [0.29, 0.717) is 6.42 Å². The lowest BCUT2D eigenvalue weighted by Gasteiger charge is -2.08. The summed E-state index contributed by atoms with van der Waals surface area (Å²) in [5.41, 5.74) is 6.02. The lowest BCUT2D eigenvalue weighted by atomic mass is 10.0. The molecular formula is C24H21N3OS. The second kappa shape index (κ2) is 8.37. The smallest absolute Gasteiger partial charge is 0.228 e. The van der Waals surface area contributed by atoms with Gasteiger partial charge in [-0.15, -0.1) is 11.3 Å². The maximum atomic E-state index is 12.5. The highest BCUT2D eigenvalue weighted by Crippen LogP contribution is 2.36. The highest BCUT2D eigenvalue weighted by atomic mass is 32.1. The molecule has 2 heterocycles. The van der Waals surface area contributed by atoms with Gasteiger partial charge < -0.3 is 5.32 Å². The Morgan fingerprint density at radius 3 is 2.48 bits per heavy atom. The molecule has 0 atom stereocenters. The van der Waals surface area contributed by atoms with Gasteiger partial charge in [0, 0.05) is 23.6 Å². The fraction of sp³-hybridized carbons (Fsp3) is 0.125. The fourth-order valence-corrected chi connectivity index (χ4v) is 4.12. The Labute approximate surface area is 174 Å². The summed E-state index contributed by atoms with van der Waals surface area (Å²) in [6.07, 6.45) is 3.88. The summed E-state index contributed by atoms with van der Waals surface area (Å²) >= 11 is 1.66. The van der Waals surface area contributed by atoms with Gasteiger partial charge in [-0.3, -0.25) is 9.78 Å². The van der Waals surface area contributed by atoms with E-state index in [0.717, 1.165) is 38.0 Å². The maximum absolute atomic E-state index is 12.5. The van der Waals surface area contributed by atoms with Crippen LogP contribution < -0.4 is 5.32 Å². The number of aromatic nitrogens is 2. The van der Waals surface area contributed by atoms with E-state index in [4.69, 9.17) is 4.98 Å². The number of hydrogen-bond donors (Lipinski definition) is 1. The van der Waals surface area contributed by atoms with Gasteiger partial charge in [0.15, 0.2) is 0 Å². The summed E-state index contributed by atoms with van der Waals surface area (Å²) in [7, 11) is 0. The number of anilines is 1. The predicted octanol–water partition coefficient (Wildman–Crippen LogP) is 5.67. The predicted molar refractivity (Wildman–Crippen MR) is 119 cm³/mol. The third-order valence-electron chi connectivity index (χ3n) is 4.58. The third-order valence-corrected chi connectivity index (χ3v) is 5.60. The van der Waals surface area contributed by atoms with Gasteiger partial charge in [0.2, 0.25) is 5.91 Å². The first-order valence-electron chi connectivity index (χ1n) is 9.42. The second-order valence-electron chi connectivity index (χ2n) is 6.94. The fourth-order valence-electron chi connectivity index (χ4n) is 3.18. The van der Waals surface area contributed by atoms with Crippen LogP contribution in [0.2, 0.25) is 0 Å². The number of carbonyl (C=O) groups is 1. The molecule has 2 aromatic carbocycles.